The highest BCUT2D eigenvalue weighted by molar-refractivity contribution is 6.43. The summed E-state index contributed by atoms with van der Waals surface area (Å²) in [6.45, 7) is 0.164. The number of anilines is 1. The van der Waals surface area contributed by atoms with E-state index in [9.17, 15) is 0 Å². The molecule has 1 aromatic heterocycles. The molecule has 0 unspecified atom stereocenters. The zero-order valence-electron chi connectivity index (χ0n) is 12.8. The van der Waals surface area contributed by atoms with Crippen molar-refractivity contribution in [3.63, 3.8) is 0 Å². The van der Waals surface area contributed by atoms with Crippen LogP contribution in [0.1, 0.15) is 5.56 Å². The molecule has 3 aromatic rings. The average Bonchev–Trinajstić information content (AvgIpc) is 2.58. The molecule has 0 atom stereocenters. The van der Waals surface area contributed by atoms with Crippen LogP contribution < -0.4 is 10.5 Å². The van der Waals surface area contributed by atoms with Crippen LogP contribution in [0.15, 0.2) is 48.7 Å². The average molecular weight is 414 g/mol. The molecule has 3 nitrogen and oxygen atoms in total. The molecule has 2 aromatic carbocycles. The lowest BCUT2D eigenvalue weighted by Gasteiger charge is -2.13. The van der Waals surface area contributed by atoms with Crippen LogP contribution in [-0.2, 0) is 6.61 Å². The number of hydrogen-bond acceptors (Lipinski definition) is 3. The van der Waals surface area contributed by atoms with Crippen molar-refractivity contribution < 1.29 is 4.74 Å². The Kier molecular flexibility index (Phi) is 5.60. The molecule has 0 radical (unpaired) electrons. The monoisotopic (exact) mass is 412 g/mol. The molecule has 25 heavy (non-hydrogen) atoms. The van der Waals surface area contributed by atoms with Crippen molar-refractivity contribution in [3.8, 4) is 16.9 Å². The van der Waals surface area contributed by atoms with Crippen LogP contribution in [0.3, 0.4) is 0 Å². The van der Waals surface area contributed by atoms with Crippen LogP contribution in [0.2, 0.25) is 20.1 Å². The van der Waals surface area contributed by atoms with E-state index in [4.69, 9.17) is 56.9 Å². The maximum absolute atomic E-state index is 6.27. The Morgan fingerprint density at radius 3 is 2.28 bits per heavy atom. The summed E-state index contributed by atoms with van der Waals surface area (Å²) in [5, 5.41) is 1.94. The molecule has 0 bridgehead atoms. The van der Waals surface area contributed by atoms with Crippen molar-refractivity contribution >= 4 is 52.2 Å². The third-order valence-corrected chi connectivity index (χ3v) is 5.11. The number of halogens is 4. The Balaban J connectivity index is 1.91. The summed E-state index contributed by atoms with van der Waals surface area (Å²) in [4.78, 5) is 4.17. The highest BCUT2D eigenvalue weighted by atomic mass is 35.5. The number of hydrogen-bond donors (Lipinski definition) is 1. The molecular weight excluding hydrogens is 402 g/mol. The number of nitrogen functional groups attached to an aromatic ring is 1. The molecule has 0 aliphatic rings. The largest absolute Gasteiger partial charge is 0.485 e. The van der Waals surface area contributed by atoms with E-state index in [0.717, 1.165) is 11.1 Å². The fraction of sp³-hybridized carbons (Fsp3) is 0.0556. The van der Waals surface area contributed by atoms with Crippen molar-refractivity contribution in [3.05, 3.63) is 74.3 Å². The minimum atomic E-state index is 0.164. The summed E-state index contributed by atoms with van der Waals surface area (Å²) >= 11 is 24.7. The van der Waals surface area contributed by atoms with Crippen LogP contribution in [0, 0.1) is 0 Å². The predicted molar refractivity (Wildman–Crippen MR) is 105 cm³/mol. The summed E-state index contributed by atoms with van der Waals surface area (Å²) < 4.78 is 5.78. The first-order chi connectivity index (χ1) is 12.0. The van der Waals surface area contributed by atoms with E-state index in [1.165, 1.54) is 0 Å². The number of nitrogens with two attached hydrogens (primary N) is 1. The first-order valence-corrected chi connectivity index (χ1v) is 8.74. The van der Waals surface area contributed by atoms with Gasteiger partial charge in [0.15, 0.2) is 11.6 Å². The summed E-state index contributed by atoms with van der Waals surface area (Å²) in [6.07, 6.45) is 1.61. The number of rotatable bonds is 4. The molecular formula is C18H12Cl4N2O. The van der Waals surface area contributed by atoms with Crippen LogP contribution in [0.4, 0.5) is 5.82 Å². The highest BCUT2D eigenvalue weighted by Crippen LogP contribution is 2.36. The van der Waals surface area contributed by atoms with Gasteiger partial charge in [0.25, 0.3) is 0 Å². The van der Waals surface area contributed by atoms with E-state index in [1.54, 1.807) is 36.5 Å². The van der Waals surface area contributed by atoms with E-state index in [1.807, 2.05) is 12.1 Å². The quantitative estimate of drug-likeness (QED) is 0.529. The standard InChI is InChI=1S/C18H12Cl4N2O/c19-13-4-2-5-14(20)12(13)9-25-16-7-10(8-24-18(16)23)11-3-1-6-15(21)17(11)22/h1-8H,9H2,(H2,23,24). The molecule has 0 amide bonds. The molecule has 0 saturated heterocycles. The van der Waals surface area contributed by atoms with Gasteiger partial charge in [0, 0.05) is 32.9 Å². The van der Waals surface area contributed by atoms with Crippen molar-refractivity contribution in [2.45, 2.75) is 6.61 Å². The Morgan fingerprint density at radius 2 is 1.56 bits per heavy atom. The Bertz CT molecular complexity index is 911. The minimum Gasteiger partial charge on any atom is -0.485 e. The van der Waals surface area contributed by atoms with E-state index in [-0.39, 0.29) is 12.4 Å². The second-order valence-corrected chi connectivity index (χ2v) is 6.80. The zero-order valence-corrected chi connectivity index (χ0v) is 15.8. The molecule has 1 heterocycles. The van der Waals surface area contributed by atoms with Gasteiger partial charge in [-0.15, -0.1) is 0 Å². The van der Waals surface area contributed by atoms with Gasteiger partial charge in [0.2, 0.25) is 0 Å². The summed E-state index contributed by atoms with van der Waals surface area (Å²) in [7, 11) is 0. The normalized spacial score (nSPS) is 10.7. The van der Waals surface area contributed by atoms with E-state index < -0.39 is 0 Å². The SMILES string of the molecule is Nc1ncc(-c2cccc(Cl)c2Cl)cc1OCc1c(Cl)cccc1Cl. The Morgan fingerprint density at radius 1 is 0.920 bits per heavy atom. The van der Waals surface area contributed by atoms with Crippen molar-refractivity contribution in [2.75, 3.05) is 5.73 Å². The first kappa shape index (κ1) is 18.2. The van der Waals surface area contributed by atoms with Gasteiger partial charge in [-0.25, -0.2) is 4.98 Å². The fourth-order valence-electron chi connectivity index (χ4n) is 2.26. The van der Waals surface area contributed by atoms with Crippen molar-refractivity contribution in [1.29, 1.82) is 0 Å². The van der Waals surface area contributed by atoms with Gasteiger partial charge >= 0.3 is 0 Å². The lowest BCUT2D eigenvalue weighted by atomic mass is 10.1. The van der Waals surface area contributed by atoms with Crippen LogP contribution >= 0.6 is 46.4 Å². The molecule has 7 heteroatoms. The van der Waals surface area contributed by atoms with Gasteiger partial charge in [-0.2, -0.15) is 0 Å². The van der Waals surface area contributed by atoms with Gasteiger partial charge in [-0.05, 0) is 24.3 Å². The molecule has 0 saturated carbocycles. The molecule has 0 spiro atoms. The van der Waals surface area contributed by atoms with Gasteiger partial charge in [-0.3, -0.25) is 0 Å². The van der Waals surface area contributed by atoms with E-state index in [0.29, 0.717) is 31.4 Å². The van der Waals surface area contributed by atoms with Crippen LogP contribution in [-0.4, -0.2) is 4.98 Å². The minimum absolute atomic E-state index is 0.164. The molecule has 0 aliphatic heterocycles. The summed E-state index contributed by atoms with van der Waals surface area (Å²) in [5.41, 5.74) is 8.07. The fourth-order valence-corrected chi connectivity index (χ4v) is 3.18. The molecule has 128 valence electrons. The predicted octanol–water partition coefficient (Wildman–Crippen LogP) is 6.52. The Hall–Kier alpha value is -1.65. The number of aromatic nitrogens is 1. The topological polar surface area (TPSA) is 48.1 Å². The van der Waals surface area contributed by atoms with Crippen molar-refractivity contribution in [2.24, 2.45) is 0 Å². The molecule has 2 N–H and O–H groups in total. The van der Waals surface area contributed by atoms with Gasteiger partial charge in [0.05, 0.1) is 10.0 Å². The smallest absolute Gasteiger partial charge is 0.166 e. The summed E-state index contributed by atoms with van der Waals surface area (Å²) in [5.74, 6) is 0.662. The third-order valence-electron chi connectivity index (χ3n) is 3.58. The maximum Gasteiger partial charge on any atom is 0.166 e. The zero-order chi connectivity index (χ0) is 18.0. The first-order valence-electron chi connectivity index (χ1n) is 7.23. The van der Waals surface area contributed by atoms with Gasteiger partial charge in [0.1, 0.15) is 6.61 Å². The maximum atomic E-state index is 6.27. The number of nitrogens with zero attached hydrogens (tertiary/aromatic N) is 1. The lowest BCUT2D eigenvalue weighted by Crippen LogP contribution is -2.02. The van der Waals surface area contributed by atoms with Crippen molar-refractivity contribution in [1.82, 2.24) is 4.98 Å². The van der Waals surface area contributed by atoms with Gasteiger partial charge < -0.3 is 10.5 Å². The van der Waals surface area contributed by atoms with E-state index in [2.05, 4.69) is 4.98 Å². The van der Waals surface area contributed by atoms with Crippen LogP contribution in [0.5, 0.6) is 5.75 Å². The molecule has 0 fully saturated rings. The Labute approximate surface area is 165 Å². The van der Waals surface area contributed by atoms with Gasteiger partial charge in [-0.1, -0.05) is 64.6 Å². The number of pyridine rings is 1. The van der Waals surface area contributed by atoms with E-state index >= 15 is 0 Å². The summed E-state index contributed by atoms with van der Waals surface area (Å²) in [6, 6.07) is 12.4. The second kappa shape index (κ2) is 7.71. The second-order valence-electron chi connectivity index (χ2n) is 5.20. The number of benzene rings is 2. The molecule has 0 aliphatic carbocycles. The number of ether oxygens (including phenoxy) is 1. The highest BCUT2D eigenvalue weighted by Gasteiger charge is 2.12. The third kappa shape index (κ3) is 3.96. The van der Waals surface area contributed by atoms with Crippen LogP contribution in [0.25, 0.3) is 11.1 Å². The molecule has 3 rings (SSSR count). The lowest BCUT2D eigenvalue weighted by molar-refractivity contribution is 0.307.